The Morgan fingerprint density at radius 3 is 2.35 bits per heavy atom. The lowest BCUT2D eigenvalue weighted by molar-refractivity contribution is -0.384. The van der Waals surface area contributed by atoms with Crippen LogP contribution in [0.5, 0.6) is 0 Å². The van der Waals surface area contributed by atoms with E-state index in [9.17, 15) is 19.7 Å². The van der Waals surface area contributed by atoms with Crippen molar-refractivity contribution in [2.24, 2.45) is 0 Å². The van der Waals surface area contributed by atoms with Crippen LogP contribution in [0.3, 0.4) is 0 Å². The Morgan fingerprint density at radius 2 is 1.73 bits per heavy atom. The van der Waals surface area contributed by atoms with Gasteiger partial charge in [0.25, 0.3) is 5.69 Å². The summed E-state index contributed by atoms with van der Waals surface area (Å²) in [6.45, 7) is 2.41. The molecule has 3 aromatic rings. The molecule has 0 saturated heterocycles. The van der Waals surface area contributed by atoms with Gasteiger partial charge < -0.3 is 10.2 Å². The zero-order valence-electron chi connectivity index (χ0n) is 20.2. The largest absolute Gasteiger partial charge is 0.355 e. The van der Waals surface area contributed by atoms with Crippen LogP contribution in [0.25, 0.3) is 0 Å². The molecule has 2 amide bonds. The molecule has 0 radical (unpaired) electrons. The van der Waals surface area contributed by atoms with Gasteiger partial charge in [0, 0.05) is 47.4 Å². The lowest BCUT2D eigenvalue weighted by atomic mass is 10.0. The van der Waals surface area contributed by atoms with Gasteiger partial charge in [0.2, 0.25) is 11.8 Å². The number of halogens is 2. The van der Waals surface area contributed by atoms with E-state index < -0.39 is 11.0 Å². The van der Waals surface area contributed by atoms with Crippen LogP contribution in [0.4, 0.5) is 5.69 Å². The molecule has 0 spiro atoms. The van der Waals surface area contributed by atoms with E-state index in [0.29, 0.717) is 34.3 Å². The summed E-state index contributed by atoms with van der Waals surface area (Å²) >= 11 is 13.9. The van der Waals surface area contributed by atoms with E-state index >= 15 is 0 Å². The zero-order chi connectivity index (χ0) is 26.8. The fourth-order valence-electron chi connectivity index (χ4n) is 3.73. The number of carbonyl (C=O) groups is 2. The number of nitro benzene ring substituents is 1. The minimum absolute atomic E-state index is 0.0153. The molecule has 0 unspecified atom stereocenters. The van der Waals surface area contributed by atoms with Crippen molar-refractivity contribution in [3.8, 4) is 0 Å². The fraction of sp³-hybridized carbons (Fsp3) is 0.259. The molecule has 0 bridgehead atoms. The number of rotatable bonds is 12. The molecule has 37 heavy (non-hydrogen) atoms. The minimum atomic E-state index is -0.749. The first-order valence-corrected chi connectivity index (χ1v) is 13.6. The minimum Gasteiger partial charge on any atom is -0.355 e. The highest BCUT2D eigenvalue weighted by atomic mass is 35.5. The lowest BCUT2D eigenvalue weighted by Gasteiger charge is -2.31. The highest BCUT2D eigenvalue weighted by Crippen LogP contribution is 2.25. The molecule has 0 saturated carbocycles. The van der Waals surface area contributed by atoms with Crippen molar-refractivity contribution >= 4 is 52.5 Å². The van der Waals surface area contributed by atoms with E-state index in [2.05, 4.69) is 5.32 Å². The molecule has 3 rings (SSSR count). The molecule has 10 heteroatoms. The van der Waals surface area contributed by atoms with Gasteiger partial charge in [-0.3, -0.25) is 19.7 Å². The molecule has 0 heterocycles. The summed E-state index contributed by atoms with van der Waals surface area (Å²) in [4.78, 5) is 38.7. The average Bonchev–Trinajstić information content (AvgIpc) is 2.88. The maximum absolute atomic E-state index is 13.6. The van der Waals surface area contributed by atoms with E-state index in [-0.39, 0.29) is 29.8 Å². The van der Waals surface area contributed by atoms with E-state index in [4.69, 9.17) is 23.2 Å². The maximum atomic E-state index is 13.6. The number of likely N-dealkylation sites (N-methyl/N-ethyl adjacent to an activating group) is 1. The zero-order valence-corrected chi connectivity index (χ0v) is 22.6. The van der Waals surface area contributed by atoms with Crippen LogP contribution >= 0.6 is 35.0 Å². The maximum Gasteiger partial charge on any atom is 0.269 e. The summed E-state index contributed by atoms with van der Waals surface area (Å²) in [5.41, 5.74) is 2.49. The summed E-state index contributed by atoms with van der Waals surface area (Å²) in [6, 6.07) is 20.1. The second-order valence-corrected chi connectivity index (χ2v) is 10.1. The molecular formula is C27H27Cl2N3O4S. The van der Waals surface area contributed by atoms with Crippen LogP contribution in [0, 0.1) is 10.1 Å². The summed E-state index contributed by atoms with van der Waals surface area (Å²) in [5.74, 6) is 0.145. The van der Waals surface area contributed by atoms with Gasteiger partial charge in [-0.1, -0.05) is 71.7 Å². The first kappa shape index (κ1) is 28.5. The molecule has 0 fully saturated rings. The van der Waals surface area contributed by atoms with Crippen molar-refractivity contribution in [3.05, 3.63) is 110 Å². The number of hydrogen-bond acceptors (Lipinski definition) is 5. The molecule has 7 nitrogen and oxygen atoms in total. The van der Waals surface area contributed by atoms with E-state index in [0.717, 1.165) is 11.1 Å². The first-order chi connectivity index (χ1) is 17.8. The third-order valence-corrected chi connectivity index (χ3v) is 7.19. The predicted octanol–water partition coefficient (Wildman–Crippen LogP) is 5.91. The number of nitro groups is 1. The third-order valence-electron chi connectivity index (χ3n) is 5.62. The Morgan fingerprint density at radius 1 is 1.03 bits per heavy atom. The topological polar surface area (TPSA) is 92.6 Å². The molecule has 1 N–H and O–H groups in total. The Bertz CT molecular complexity index is 1230. The number of benzene rings is 3. The Hall–Kier alpha value is -3.07. The number of non-ortho nitro benzene ring substituents is 1. The number of nitrogens with zero attached hydrogens (tertiary/aromatic N) is 2. The Labute approximate surface area is 230 Å². The second-order valence-electron chi connectivity index (χ2n) is 8.27. The van der Waals surface area contributed by atoms with Crippen molar-refractivity contribution in [2.75, 3.05) is 12.3 Å². The number of hydrogen-bond donors (Lipinski definition) is 1. The van der Waals surface area contributed by atoms with Crippen LogP contribution in [0.15, 0.2) is 72.8 Å². The average molecular weight is 561 g/mol. The molecule has 0 aliphatic heterocycles. The van der Waals surface area contributed by atoms with Crippen molar-refractivity contribution in [1.82, 2.24) is 10.2 Å². The Kier molecular flexibility index (Phi) is 10.8. The van der Waals surface area contributed by atoms with Crippen LogP contribution in [-0.4, -0.2) is 40.0 Å². The van der Waals surface area contributed by atoms with Gasteiger partial charge in [0.05, 0.1) is 10.7 Å². The van der Waals surface area contributed by atoms with Crippen molar-refractivity contribution in [2.45, 2.75) is 31.7 Å². The molecule has 0 aliphatic rings. The SMILES string of the molecule is CCNC(=O)[C@H](Cc1ccccc1)N(Cc1ccc(Cl)cc1Cl)C(=O)CSCc1ccc([N+](=O)[O-])cc1. The molecule has 194 valence electrons. The quantitative estimate of drug-likeness (QED) is 0.220. The highest BCUT2D eigenvalue weighted by molar-refractivity contribution is 7.99. The van der Waals surface area contributed by atoms with Gasteiger partial charge in [0.15, 0.2) is 0 Å². The van der Waals surface area contributed by atoms with Gasteiger partial charge >= 0.3 is 0 Å². The normalized spacial score (nSPS) is 11.5. The van der Waals surface area contributed by atoms with Crippen molar-refractivity contribution in [3.63, 3.8) is 0 Å². The Balaban J connectivity index is 1.83. The van der Waals surface area contributed by atoms with Crippen molar-refractivity contribution < 1.29 is 14.5 Å². The smallest absolute Gasteiger partial charge is 0.269 e. The standard InChI is InChI=1S/C27H27Cl2N3O4S/c1-2-30-27(34)25(14-19-6-4-3-5-7-19)31(16-21-10-11-22(28)15-24(21)29)26(33)18-37-17-20-8-12-23(13-9-20)32(35)36/h3-13,15,25H,2,14,16-18H2,1H3,(H,30,34)/t25-/m0/s1. The van der Waals surface area contributed by atoms with Gasteiger partial charge in [0.1, 0.15) is 6.04 Å². The van der Waals surface area contributed by atoms with E-state index in [1.807, 2.05) is 37.3 Å². The monoisotopic (exact) mass is 559 g/mol. The lowest BCUT2D eigenvalue weighted by Crippen LogP contribution is -2.51. The van der Waals surface area contributed by atoms with E-state index in [1.165, 1.54) is 23.9 Å². The van der Waals surface area contributed by atoms with Crippen molar-refractivity contribution in [1.29, 1.82) is 0 Å². The number of thioether (sulfide) groups is 1. The molecule has 0 aromatic heterocycles. The first-order valence-electron chi connectivity index (χ1n) is 11.6. The summed E-state index contributed by atoms with van der Waals surface area (Å²) in [6.07, 6.45) is 0.344. The van der Waals surface area contributed by atoms with Crippen LogP contribution < -0.4 is 5.32 Å². The van der Waals surface area contributed by atoms with Gasteiger partial charge in [-0.2, -0.15) is 0 Å². The summed E-state index contributed by atoms with van der Waals surface area (Å²) in [7, 11) is 0. The van der Waals surface area contributed by atoms with Gasteiger partial charge in [-0.15, -0.1) is 11.8 Å². The molecule has 0 aliphatic carbocycles. The summed E-state index contributed by atoms with van der Waals surface area (Å²) < 4.78 is 0. The van der Waals surface area contributed by atoms with Gasteiger partial charge in [-0.25, -0.2) is 0 Å². The molecule has 1 atom stereocenters. The predicted molar refractivity (Wildman–Crippen MR) is 149 cm³/mol. The third kappa shape index (κ3) is 8.49. The second kappa shape index (κ2) is 14.0. The number of nitrogens with one attached hydrogen (secondary N) is 1. The fourth-order valence-corrected chi connectivity index (χ4v) is 5.07. The van der Waals surface area contributed by atoms with E-state index in [1.54, 1.807) is 35.2 Å². The number of amides is 2. The molecule has 3 aromatic carbocycles. The number of carbonyl (C=O) groups excluding carboxylic acids is 2. The molecular weight excluding hydrogens is 533 g/mol. The van der Waals surface area contributed by atoms with Crippen LogP contribution in [0.1, 0.15) is 23.6 Å². The van der Waals surface area contributed by atoms with Crippen LogP contribution in [0.2, 0.25) is 10.0 Å². The van der Waals surface area contributed by atoms with Crippen LogP contribution in [-0.2, 0) is 28.3 Å². The highest BCUT2D eigenvalue weighted by Gasteiger charge is 2.30. The van der Waals surface area contributed by atoms with Gasteiger partial charge in [-0.05, 0) is 35.7 Å². The summed E-state index contributed by atoms with van der Waals surface area (Å²) in [5, 5.41) is 14.6.